The van der Waals surface area contributed by atoms with Gasteiger partial charge in [0.15, 0.2) is 6.10 Å². The van der Waals surface area contributed by atoms with Crippen LogP contribution >= 0.6 is 0 Å². The van der Waals surface area contributed by atoms with Crippen LogP contribution in [0.3, 0.4) is 0 Å². The van der Waals surface area contributed by atoms with E-state index in [4.69, 9.17) is 14.2 Å². The number of carbonyl (C=O) groups excluding carboxylic acids is 3. The lowest BCUT2D eigenvalue weighted by atomic mass is 9.47. The monoisotopic (exact) mass is 611 g/mol. The average Bonchev–Trinajstić information content (AvgIpc) is 3.51. The van der Waals surface area contributed by atoms with Crippen LogP contribution in [0.4, 0.5) is 11.4 Å². The zero-order valence-corrected chi connectivity index (χ0v) is 26.6. The maximum atomic E-state index is 13.9. The third-order valence-corrected chi connectivity index (χ3v) is 11.0. The first kappa shape index (κ1) is 30.8. The molecular weight excluding hydrogens is 566 g/mol. The molecule has 2 N–H and O–H groups in total. The fourth-order valence-corrected chi connectivity index (χ4v) is 9.25. The maximum absolute atomic E-state index is 13.9. The third-order valence-electron chi connectivity index (χ3n) is 11.0. The van der Waals surface area contributed by atoms with E-state index in [-0.39, 0.29) is 18.5 Å². The topological polar surface area (TPSA) is 124 Å². The van der Waals surface area contributed by atoms with Gasteiger partial charge in [-0.1, -0.05) is 19.1 Å². The molecule has 1 spiro atoms. The first-order valence-corrected chi connectivity index (χ1v) is 15.5. The molecule has 0 aromatic heterocycles. The maximum Gasteiger partial charge on any atom is 0.344 e. The second-order valence-corrected chi connectivity index (χ2v) is 13.1. The Morgan fingerprint density at radius 1 is 1.07 bits per heavy atom. The van der Waals surface area contributed by atoms with Gasteiger partial charge in [0.25, 0.3) is 0 Å². The molecule has 1 aromatic rings. The number of methoxy groups -OCH3 is 2. The number of aliphatic hydroxyl groups is 1. The Bertz CT molecular complexity index is 1380. The molecule has 0 radical (unpaired) electrons. The minimum Gasteiger partial charge on any atom is -0.494 e. The lowest BCUT2D eigenvalue weighted by Gasteiger charge is -2.63. The van der Waals surface area contributed by atoms with Crippen LogP contribution in [0.25, 0.3) is 0 Å². The molecule has 1 aliphatic carbocycles. The van der Waals surface area contributed by atoms with E-state index < -0.39 is 40.5 Å². The average molecular weight is 612 g/mol. The molecule has 6 rings (SSSR count). The van der Waals surface area contributed by atoms with Gasteiger partial charge in [-0.3, -0.25) is 19.4 Å². The van der Waals surface area contributed by atoms with Gasteiger partial charge in [-0.15, -0.1) is 0 Å². The largest absolute Gasteiger partial charge is 0.494 e. The number of rotatable bonds is 7. The van der Waals surface area contributed by atoms with Crippen LogP contribution in [0.5, 0.6) is 5.75 Å². The van der Waals surface area contributed by atoms with Gasteiger partial charge in [-0.05, 0) is 38.1 Å². The van der Waals surface area contributed by atoms with Gasteiger partial charge in [0.05, 0.1) is 32.5 Å². The highest BCUT2D eigenvalue weighted by Gasteiger charge is 2.80. The molecule has 0 unspecified atom stereocenters. The number of likely N-dealkylation sites (N-methyl/N-ethyl adjacent to an activating group) is 2. The molecule has 12 heteroatoms. The van der Waals surface area contributed by atoms with Crippen LogP contribution in [0.2, 0.25) is 0 Å². The van der Waals surface area contributed by atoms with Gasteiger partial charge in [0, 0.05) is 75.3 Å². The number of ether oxygens (including phenoxy) is 3. The summed E-state index contributed by atoms with van der Waals surface area (Å²) in [4.78, 5) is 48.5. The predicted molar refractivity (Wildman–Crippen MR) is 164 cm³/mol. The first-order valence-electron chi connectivity index (χ1n) is 15.5. The summed E-state index contributed by atoms with van der Waals surface area (Å²) in [6, 6.07) is 2.83. The number of esters is 2. The molecule has 5 aliphatic rings. The van der Waals surface area contributed by atoms with Gasteiger partial charge in [0.1, 0.15) is 5.75 Å². The molecule has 1 aromatic carbocycles. The second kappa shape index (κ2) is 11.0. The fraction of sp³-hybridized carbons (Fsp3) is 0.656. The van der Waals surface area contributed by atoms with Crippen LogP contribution in [0.1, 0.15) is 32.3 Å². The summed E-state index contributed by atoms with van der Waals surface area (Å²) >= 11 is 0. The molecule has 6 atom stereocenters. The van der Waals surface area contributed by atoms with E-state index in [0.29, 0.717) is 30.8 Å². The number of hydrogen-bond acceptors (Lipinski definition) is 11. The smallest absolute Gasteiger partial charge is 0.344 e. The number of carbonyl (C=O) groups is 3. The number of amides is 1. The highest BCUT2D eigenvalue weighted by atomic mass is 16.6. The number of fused-ring (bicyclic) bond motifs is 1. The van der Waals surface area contributed by atoms with E-state index in [1.165, 1.54) is 14.0 Å². The van der Waals surface area contributed by atoms with E-state index >= 15 is 0 Å². The number of piperazine rings is 1. The van der Waals surface area contributed by atoms with E-state index in [9.17, 15) is 19.5 Å². The summed E-state index contributed by atoms with van der Waals surface area (Å²) in [7, 11) is 6.74. The molecule has 1 amide bonds. The van der Waals surface area contributed by atoms with Gasteiger partial charge in [-0.2, -0.15) is 0 Å². The van der Waals surface area contributed by atoms with Crippen molar-refractivity contribution in [2.24, 2.45) is 5.41 Å². The van der Waals surface area contributed by atoms with Crippen LogP contribution in [-0.4, -0.2) is 136 Å². The molecule has 1 saturated carbocycles. The van der Waals surface area contributed by atoms with Crippen molar-refractivity contribution >= 4 is 29.2 Å². The van der Waals surface area contributed by atoms with Crippen molar-refractivity contribution in [1.29, 1.82) is 0 Å². The number of benzene rings is 1. The van der Waals surface area contributed by atoms with Crippen molar-refractivity contribution < 1.29 is 33.7 Å². The molecule has 44 heavy (non-hydrogen) atoms. The Morgan fingerprint density at radius 3 is 2.43 bits per heavy atom. The standard InChI is InChI=1S/C32H45N5O7/c1-7-30-9-8-11-37-12-10-31(26(30)37)21-17-22(33-25(39)19-36-15-13-34(3)14-16-36)24(42-5)18-23(21)35(4)27(31)32(41,29(40)43-6)28(30)44-20(2)38/h8-9,17-18,26-28,41H,7,10-16,19H2,1-6H3,(H,33,39)/t26-,27+,28+,30+,31+,32-/m0/s1. The Balaban J connectivity index is 1.50. The van der Waals surface area contributed by atoms with Gasteiger partial charge < -0.3 is 34.4 Å². The second-order valence-electron chi connectivity index (χ2n) is 13.1. The van der Waals surface area contributed by atoms with Crippen LogP contribution in [0, 0.1) is 5.41 Å². The van der Waals surface area contributed by atoms with Crippen LogP contribution in [0.15, 0.2) is 24.3 Å². The predicted octanol–water partition coefficient (Wildman–Crippen LogP) is 0.827. The lowest BCUT2D eigenvalue weighted by Crippen LogP contribution is -2.81. The van der Waals surface area contributed by atoms with Crippen molar-refractivity contribution in [3.63, 3.8) is 0 Å². The lowest BCUT2D eigenvalue weighted by molar-refractivity contribution is -0.228. The molecule has 0 bridgehead atoms. The summed E-state index contributed by atoms with van der Waals surface area (Å²) < 4.78 is 17.1. The summed E-state index contributed by atoms with van der Waals surface area (Å²) in [5.74, 6) is -1.07. The van der Waals surface area contributed by atoms with Gasteiger partial charge in [-0.25, -0.2) is 4.79 Å². The van der Waals surface area contributed by atoms with Crippen LogP contribution < -0.4 is 15.0 Å². The summed E-state index contributed by atoms with van der Waals surface area (Å²) in [6.07, 6.45) is 4.06. The van der Waals surface area contributed by atoms with Crippen molar-refractivity contribution in [2.75, 3.05) is 84.3 Å². The van der Waals surface area contributed by atoms with Gasteiger partial charge >= 0.3 is 11.9 Å². The molecule has 12 nitrogen and oxygen atoms in total. The van der Waals surface area contributed by atoms with Crippen LogP contribution in [-0.2, 0) is 29.3 Å². The molecule has 2 saturated heterocycles. The van der Waals surface area contributed by atoms with Crippen molar-refractivity contribution in [1.82, 2.24) is 14.7 Å². The molecule has 4 aliphatic heterocycles. The quantitative estimate of drug-likeness (QED) is 0.337. The van der Waals surface area contributed by atoms with E-state index in [1.54, 1.807) is 7.11 Å². The minimum atomic E-state index is -2.20. The van der Waals surface area contributed by atoms with Crippen molar-refractivity contribution in [3.05, 3.63) is 29.8 Å². The number of anilines is 2. The summed E-state index contributed by atoms with van der Waals surface area (Å²) in [6.45, 7) is 8.47. The van der Waals surface area contributed by atoms with E-state index in [2.05, 4.69) is 27.1 Å². The SMILES string of the molecule is CC[C@]12C=CCN3CC[C@@]4(c5cc(NC(=O)CN6CCN(C)CC6)c(OC)cc5N(C)[C@H]4[C@@](O)(C(=O)OC)[C@@H]1OC(C)=O)[C@@H]32. The third kappa shape index (κ3) is 4.21. The summed E-state index contributed by atoms with van der Waals surface area (Å²) in [5.41, 5.74) is -1.58. The zero-order chi connectivity index (χ0) is 31.6. The highest BCUT2D eigenvalue weighted by molar-refractivity contribution is 5.95. The Labute approximate surface area is 258 Å². The van der Waals surface area contributed by atoms with E-state index in [1.807, 2.05) is 43.2 Å². The fourth-order valence-electron chi connectivity index (χ4n) is 9.25. The Morgan fingerprint density at radius 2 is 1.80 bits per heavy atom. The minimum absolute atomic E-state index is 0.130. The molecule has 3 fully saturated rings. The van der Waals surface area contributed by atoms with Crippen molar-refractivity contribution in [3.8, 4) is 5.75 Å². The zero-order valence-electron chi connectivity index (χ0n) is 26.6. The Hall–Kier alpha value is -3.19. The Kier molecular flexibility index (Phi) is 7.71. The molecule has 4 heterocycles. The first-order chi connectivity index (χ1) is 21.0. The highest BCUT2D eigenvalue weighted by Crippen LogP contribution is 2.67. The molecule has 240 valence electrons. The van der Waals surface area contributed by atoms with E-state index in [0.717, 1.165) is 44.0 Å². The normalized spacial score (nSPS) is 34.6. The number of nitrogens with one attached hydrogen (secondary N) is 1. The van der Waals surface area contributed by atoms with Crippen molar-refractivity contribution in [2.45, 2.75) is 55.9 Å². The van der Waals surface area contributed by atoms with Gasteiger partial charge in [0.2, 0.25) is 11.5 Å². The summed E-state index contributed by atoms with van der Waals surface area (Å²) in [5, 5.41) is 15.9. The number of nitrogens with zero attached hydrogens (tertiary/aromatic N) is 4. The molecular formula is C32H45N5O7. The number of hydrogen-bond donors (Lipinski definition) is 2.